The largest absolute Gasteiger partial charge is 0.483 e. The minimum atomic E-state index is -0.992. The van der Waals surface area contributed by atoms with Crippen LogP contribution in [0, 0.1) is 17.8 Å². The molecule has 202 valence electrons. The zero-order valence-electron chi connectivity index (χ0n) is 22.5. The van der Waals surface area contributed by atoms with E-state index in [2.05, 4.69) is 16.7 Å². The maximum absolute atomic E-state index is 13.3. The van der Waals surface area contributed by atoms with Gasteiger partial charge in [-0.2, -0.15) is 0 Å². The third-order valence-electron chi connectivity index (χ3n) is 9.88. The number of likely N-dealkylation sites (N-methyl/N-ethyl adjacent to an activating group) is 1. The summed E-state index contributed by atoms with van der Waals surface area (Å²) in [5.41, 5.74) is 1.25. The zero-order chi connectivity index (χ0) is 26.9. The van der Waals surface area contributed by atoms with Gasteiger partial charge in [0, 0.05) is 43.6 Å². The number of benzene rings is 2. The van der Waals surface area contributed by atoms with Crippen molar-refractivity contribution in [3.63, 3.8) is 0 Å². The number of hydrogen-bond acceptors (Lipinski definition) is 6. The van der Waals surface area contributed by atoms with Gasteiger partial charge in [-0.15, -0.1) is 0 Å². The second-order valence-electron chi connectivity index (χ2n) is 12.0. The summed E-state index contributed by atoms with van der Waals surface area (Å²) in [4.78, 5) is 29.5. The van der Waals surface area contributed by atoms with Gasteiger partial charge in [0.05, 0.1) is 17.1 Å². The lowest BCUT2D eigenvalue weighted by atomic mass is 9.48. The van der Waals surface area contributed by atoms with Gasteiger partial charge in [-0.3, -0.25) is 14.5 Å². The van der Waals surface area contributed by atoms with Gasteiger partial charge in [-0.25, -0.2) is 0 Å². The highest BCUT2D eigenvalue weighted by Crippen LogP contribution is 2.66. The van der Waals surface area contributed by atoms with Crippen molar-refractivity contribution < 1.29 is 24.2 Å². The van der Waals surface area contributed by atoms with E-state index >= 15 is 0 Å². The standard InChI is InChI=1S/C32H34N2O5/c1-20(35)38-25-12-11-23-18-26-32(37)15-14-24(33(2)27(36)13-10-21-6-4-3-5-7-21)30-31(32,28(23)29(25)39-30)16-17-34(26)19-22-8-9-22/h3-7,11-12,22,24,26,30,37H,8-9,14-19H2,1-2H3/t24-,26-,30+,31+,32-/m1/s1. The van der Waals surface area contributed by atoms with E-state index in [4.69, 9.17) is 9.47 Å². The maximum Gasteiger partial charge on any atom is 0.308 e. The SMILES string of the molecule is CC(=O)Oc1ccc2c3c1O[C@H]1[C@H](N(C)C(=O)C#Cc4ccccc4)CC[C@@]4(O)[C@@H](C2)N(CC2CC2)CC[C@]314. The van der Waals surface area contributed by atoms with Gasteiger partial charge in [0.25, 0.3) is 5.91 Å². The van der Waals surface area contributed by atoms with E-state index in [0.29, 0.717) is 24.3 Å². The molecule has 1 amide bonds. The summed E-state index contributed by atoms with van der Waals surface area (Å²) in [6, 6.07) is 13.1. The van der Waals surface area contributed by atoms with Crippen LogP contribution in [0.15, 0.2) is 42.5 Å². The molecule has 0 radical (unpaired) electrons. The van der Waals surface area contributed by atoms with E-state index in [-0.39, 0.29) is 18.0 Å². The van der Waals surface area contributed by atoms with E-state index < -0.39 is 23.1 Å². The quantitative estimate of drug-likeness (QED) is 0.375. The Balaban J connectivity index is 1.29. The molecule has 0 aromatic heterocycles. The number of piperidine rings is 1. The van der Waals surface area contributed by atoms with Gasteiger partial charge in [-0.05, 0) is 74.8 Å². The molecule has 7 rings (SSSR count). The van der Waals surface area contributed by atoms with Gasteiger partial charge < -0.3 is 19.5 Å². The summed E-state index contributed by atoms with van der Waals surface area (Å²) in [5, 5.41) is 12.7. The molecule has 1 spiro atoms. The molecule has 2 aromatic carbocycles. The Labute approximate surface area is 229 Å². The highest BCUT2D eigenvalue weighted by molar-refractivity contribution is 5.94. The minimum Gasteiger partial charge on any atom is -0.483 e. The Hall–Kier alpha value is -3.34. The van der Waals surface area contributed by atoms with Crippen molar-refractivity contribution in [3.05, 3.63) is 59.2 Å². The first kappa shape index (κ1) is 24.7. The lowest BCUT2D eigenvalue weighted by Crippen LogP contribution is -2.78. The van der Waals surface area contributed by atoms with Crippen LogP contribution in [-0.2, 0) is 21.4 Å². The Morgan fingerprint density at radius 1 is 1.15 bits per heavy atom. The summed E-state index contributed by atoms with van der Waals surface area (Å²) < 4.78 is 12.4. The lowest BCUT2D eigenvalue weighted by Gasteiger charge is -2.64. The van der Waals surface area contributed by atoms with Crippen LogP contribution in [0.1, 0.15) is 55.7 Å². The number of ether oxygens (including phenoxy) is 2. The first-order valence-corrected chi connectivity index (χ1v) is 14.1. The molecular formula is C32H34N2O5. The monoisotopic (exact) mass is 526 g/mol. The van der Waals surface area contributed by atoms with Crippen LogP contribution >= 0.6 is 0 Å². The van der Waals surface area contributed by atoms with Gasteiger partial charge in [0.2, 0.25) is 0 Å². The smallest absolute Gasteiger partial charge is 0.308 e. The molecule has 5 atom stereocenters. The van der Waals surface area contributed by atoms with Crippen molar-refractivity contribution in [3.8, 4) is 23.3 Å². The summed E-state index contributed by atoms with van der Waals surface area (Å²) in [7, 11) is 1.79. The molecule has 1 N–H and O–H groups in total. The molecule has 0 unspecified atom stereocenters. The molecule has 2 aromatic rings. The van der Waals surface area contributed by atoms with Gasteiger partial charge >= 0.3 is 5.97 Å². The van der Waals surface area contributed by atoms with Crippen molar-refractivity contribution in [2.45, 2.75) is 74.7 Å². The molecule has 5 aliphatic rings. The number of carbonyl (C=O) groups is 2. The van der Waals surface area contributed by atoms with Crippen LogP contribution in [0.4, 0.5) is 0 Å². The molecule has 2 bridgehead atoms. The summed E-state index contributed by atoms with van der Waals surface area (Å²) >= 11 is 0. The topological polar surface area (TPSA) is 79.3 Å². The van der Waals surface area contributed by atoms with Crippen LogP contribution < -0.4 is 9.47 Å². The lowest BCUT2D eigenvalue weighted by molar-refractivity contribution is -0.199. The fourth-order valence-electron chi connectivity index (χ4n) is 7.96. The average molecular weight is 527 g/mol. The number of esters is 1. The van der Waals surface area contributed by atoms with Crippen LogP contribution in [0.25, 0.3) is 0 Å². The van der Waals surface area contributed by atoms with Gasteiger partial charge in [0.15, 0.2) is 11.5 Å². The maximum atomic E-state index is 13.3. The van der Waals surface area contributed by atoms with Crippen LogP contribution in [0.2, 0.25) is 0 Å². The number of nitrogens with zero attached hydrogens (tertiary/aromatic N) is 2. The van der Waals surface area contributed by atoms with Crippen LogP contribution in [0.5, 0.6) is 11.5 Å². The molecule has 7 nitrogen and oxygen atoms in total. The number of amides is 1. The molecule has 2 aliphatic heterocycles. The first-order chi connectivity index (χ1) is 18.8. The number of carbonyl (C=O) groups excluding carboxylic acids is 2. The molecule has 3 fully saturated rings. The molecule has 39 heavy (non-hydrogen) atoms. The average Bonchev–Trinajstić information content (AvgIpc) is 3.67. The van der Waals surface area contributed by atoms with Gasteiger partial charge in [-0.1, -0.05) is 30.2 Å². The summed E-state index contributed by atoms with van der Waals surface area (Å²) in [6.45, 7) is 3.28. The number of aliphatic hydroxyl groups is 1. The highest BCUT2D eigenvalue weighted by atomic mass is 16.6. The van der Waals surface area contributed by atoms with E-state index in [1.807, 2.05) is 42.5 Å². The minimum absolute atomic E-state index is 0.00388. The molecule has 2 heterocycles. The molecule has 2 saturated carbocycles. The highest BCUT2D eigenvalue weighted by Gasteiger charge is 2.73. The van der Waals surface area contributed by atoms with Crippen molar-refractivity contribution in [2.75, 3.05) is 20.1 Å². The molecule has 3 aliphatic carbocycles. The molecule has 7 heteroatoms. The number of likely N-dealkylation sites (tertiary alicyclic amines) is 1. The predicted molar refractivity (Wildman–Crippen MR) is 144 cm³/mol. The number of hydrogen-bond donors (Lipinski definition) is 1. The van der Waals surface area contributed by atoms with Crippen molar-refractivity contribution in [2.24, 2.45) is 5.92 Å². The Morgan fingerprint density at radius 3 is 2.69 bits per heavy atom. The zero-order valence-corrected chi connectivity index (χ0v) is 22.5. The second kappa shape index (κ2) is 8.84. The van der Waals surface area contributed by atoms with E-state index in [1.165, 1.54) is 19.8 Å². The van der Waals surface area contributed by atoms with Crippen LogP contribution in [0.3, 0.4) is 0 Å². The Morgan fingerprint density at radius 2 is 1.95 bits per heavy atom. The first-order valence-electron chi connectivity index (χ1n) is 14.1. The van der Waals surface area contributed by atoms with Crippen molar-refractivity contribution in [1.82, 2.24) is 9.80 Å². The third kappa shape index (κ3) is 3.65. The van der Waals surface area contributed by atoms with Crippen molar-refractivity contribution >= 4 is 11.9 Å². The fraction of sp³-hybridized carbons (Fsp3) is 0.500. The van der Waals surface area contributed by atoms with Crippen molar-refractivity contribution in [1.29, 1.82) is 0 Å². The predicted octanol–water partition coefficient (Wildman–Crippen LogP) is 3.05. The Bertz CT molecular complexity index is 1410. The molecule has 1 saturated heterocycles. The number of rotatable bonds is 4. The third-order valence-corrected chi connectivity index (χ3v) is 9.88. The summed E-state index contributed by atoms with van der Waals surface area (Å²) in [6.07, 6.45) is 4.73. The Kier molecular flexibility index (Phi) is 5.59. The van der Waals surface area contributed by atoms with E-state index in [9.17, 15) is 14.7 Å². The normalized spacial score (nSPS) is 31.8. The molecular weight excluding hydrogens is 492 g/mol. The second-order valence-corrected chi connectivity index (χ2v) is 12.0. The summed E-state index contributed by atoms with van der Waals surface area (Å²) in [5.74, 6) is 6.79. The van der Waals surface area contributed by atoms with E-state index in [0.717, 1.165) is 48.5 Å². The van der Waals surface area contributed by atoms with Crippen LogP contribution in [-0.4, -0.2) is 70.7 Å². The fourth-order valence-corrected chi connectivity index (χ4v) is 7.96. The van der Waals surface area contributed by atoms with Gasteiger partial charge in [0.1, 0.15) is 6.10 Å². The van der Waals surface area contributed by atoms with E-state index in [1.54, 1.807) is 11.9 Å².